The molecule has 2 aromatic rings. The molecule has 120 valence electrons. The van der Waals surface area contributed by atoms with E-state index in [0.717, 1.165) is 27.0 Å². The van der Waals surface area contributed by atoms with Crippen LogP contribution in [0.2, 0.25) is 0 Å². The number of hydrogen-bond donors (Lipinski definition) is 1. The number of rotatable bonds is 4. The number of aromatic nitrogens is 2. The van der Waals surface area contributed by atoms with Crippen molar-refractivity contribution >= 4 is 27.8 Å². The van der Waals surface area contributed by atoms with Gasteiger partial charge < -0.3 is 15.4 Å². The third-order valence-electron chi connectivity index (χ3n) is 3.87. The van der Waals surface area contributed by atoms with Gasteiger partial charge in [0.25, 0.3) is 0 Å². The van der Waals surface area contributed by atoms with Gasteiger partial charge >= 0.3 is 0 Å². The molecule has 0 fully saturated rings. The van der Waals surface area contributed by atoms with Crippen LogP contribution in [-0.2, 0) is 24.3 Å². The monoisotopic (exact) mass is 376 g/mol. The first kappa shape index (κ1) is 15.7. The van der Waals surface area contributed by atoms with Crippen molar-refractivity contribution in [2.24, 2.45) is 0 Å². The highest BCUT2D eigenvalue weighted by Crippen LogP contribution is 2.26. The number of halogens is 1. The molecule has 0 radical (unpaired) electrons. The van der Waals surface area contributed by atoms with Crippen LogP contribution >= 0.6 is 15.9 Å². The molecular formula is C16H17BrN4O2. The standard InChI is InChI=1S/C16H17BrN4O2/c1-23-14-4-2-10(6-12(14)17)3-5-15(22)21-8-11-7-19-16(18)20-13(11)9-21/h2,4,6-7H,3,5,8-9H2,1H3,(H2,18,19,20). The molecule has 0 aliphatic carbocycles. The van der Waals surface area contributed by atoms with E-state index < -0.39 is 0 Å². The molecule has 0 spiro atoms. The summed E-state index contributed by atoms with van der Waals surface area (Å²) in [6, 6.07) is 5.85. The molecule has 1 aliphatic rings. The Hall–Kier alpha value is -2.15. The Kier molecular flexibility index (Phi) is 4.47. The lowest BCUT2D eigenvalue weighted by atomic mass is 10.1. The van der Waals surface area contributed by atoms with Crippen molar-refractivity contribution in [3.8, 4) is 5.75 Å². The van der Waals surface area contributed by atoms with Crippen molar-refractivity contribution < 1.29 is 9.53 Å². The zero-order valence-electron chi connectivity index (χ0n) is 12.8. The van der Waals surface area contributed by atoms with Gasteiger partial charge in [0, 0.05) is 24.7 Å². The van der Waals surface area contributed by atoms with Crippen molar-refractivity contribution in [2.75, 3.05) is 12.8 Å². The van der Waals surface area contributed by atoms with Crippen LogP contribution in [0.5, 0.6) is 5.75 Å². The quantitative estimate of drug-likeness (QED) is 0.885. The van der Waals surface area contributed by atoms with Gasteiger partial charge in [-0.2, -0.15) is 0 Å². The molecule has 0 saturated carbocycles. The van der Waals surface area contributed by atoms with Crippen LogP contribution in [-0.4, -0.2) is 27.9 Å². The Balaban J connectivity index is 1.59. The maximum atomic E-state index is 12.4. The second kappa shape index (κ2) is 6.54. The minimum absolute atomic E-state index is 0.105. The molecule has 1 aromatic heterocycles. The van der Waals surface area contributed by atoms with Crippen LogP contribution in [0.3, 0.4) is 0 Å². The highest BCUT2D eigenvalue weighted by Gasteiger charge is 2.24. The molecule has 0 saturated heterocycles. The van der Waals surface area contributed by atoms with Crippen molar-refractivity contribution in [3.63, 3.8) is 0 Å². The normalized spacial score (nSPS) is 13.0. The fourth-order valence-electron chi connectivity index (χ4n) is 2.62. The van der Waals surface area contributed by atoms with Gasteiger partial charge in [-0.15, -0.1) is 0 Å². The molecule has 23 heavy (non-hydrogen) atoms. The van der Waals surface area contributed by atoms with E-state index in [-0.39, 0.29) is 11.9 Å². The largest absolute Gasteiger partial charge is 0.496 e. The highest BCUT2D eigenvalue weighted by molar-refractivity contribution is 9.10. The topological polar surface area (TPSA) is 81.3 Å². The molecular weight excluding hydrogens is 360 g/mol. The van der Waals surface area contributed by atoms with Gasteiger partial charge in [0.1, 0.15) is 5.75 Å². The number of nitrogens with zero attached hydrogens (tertiary/aromatic N) is 3. The van der Waals surface area contributed by atoms with Crippen LogP contribution in [0.25, 0.3) is 0 Å². The zero-order valence-corrected chi connectivity index (χ0v) is 14.3. The maximum Gasteiger partial charge on any atom is 0.223 e. The van der Waals surface area contributed by atoms with Crippen LogP contribution in [0.15, 0.2) is 28.9 Å². The van der Waals surface area contributed by atoms with Gasteiger partial charge in [0.05, 0.1) is 23.8 Å². The number of carbonyl (C=O) groups is 1. The molecule has 7 heteroatoms. The molecule has 1 aliphatic heterocycles. The smallest absolute Gasteiger partial charge is 0.223 e. The molecule has 1 amide bonds. The Morgan fingerprint density at radius 3 is 3.00 bits per heavy atom. The lowest BCUT2D eigenvalue weighted by Crippen LogP contribution is -2.25. The first-order valence-corrected chi connectivity index (χ1v) is 8.06. The fourth-order valence-corrected chi connectivity index (χ4v) is 3.21. The summed E-state index contributed by atoms with van der Waals surface area (Å²) in [5, 5.41) is 0. The summed E-state index contributed by atoms with van der Waals surface area (Å²) >= 11 is 3.46. The number of aryl methyl sites for hydroxylation is 1. The number of nitrogen functional groups attached to an aromatic ring is 1. The van der Waals surface area contributed by atoms with Crippen molar-refractivity contribution in [1.29, 1.82) is 0 Å². The predicted molar refractivity (Wildman–Crippen MR) is 89.7 cm³/mol. The van der Waals surface area contributed by atoms with E-state index in [2.05, 4.69) is 25.9 Å². The van der Waals surface area contributed by atoms with Crippen LogP contribution in [0.1, 0.15) is 23.2 Å². The summed E-state index contributed by atoms with van der Waals surface area (Å²) in [5.74, 6) is 1.14. The third kappa shape index (κ3) is 3.44. The highest BCUT2D eigenvalue weighted by atomic mass is 79.9. The number of anilines is 1. The average Bonchev–Trinajstić information content (AvgIpc) is 2.95. The maximum absolute atomic E-state index is 12.4. The number of fused-ring (bicyclic) bond motifs is 1. The van der Waals surface area contributed by atoms with E-state index >= 15 is 0 Å². The number of nitrogens with two attached hydrogens (primary N) is 1. The van der Waals surface area contributed by atoms with Gasteiger partial charge in [-0.1, -0.05) is 6.07 Å². The van der Waals surface area contributed by atoms with Crippen LogP contribution in [0.4, 0.5) is 5.95 Å². The van der Waals surface area contributed by atoms with E-state index in [1.54, 1.807) is 18.2 Å². The number of methoxy groups -OCH3 is 1. The number of benzene rings is 1. The van der Waals surface area contributed by atoms with Gasteiger partial charge in [-0.05, 0) is 40.0 Å². The number of amides is 1. The SMILES string of the molecule is COc1ccc(CCC(=O)N2Cc3cnc(N)nc3C2)cc1Br. The average molecular weight is 377 g/mol. The Morgan fingerprint density at radius 1 is 1.43 bits per heavy atom. The molecule has 2 heterocycles. The summed E-state index contributed by atoms with van der Waals surface area (Å²) < 4.78 is 6.10. The summed E-state index contributed by atoms with van der Waals surface area (Å²) in [6.45, 7) is 1.06. The van der Waals surface area contributed by atoms with E-state index in [1.807, 2.05) is 18.2 Å². The van der Waals surface area contributed by atoms with Gasteiger partial charge in [-0.3, -0.25) is 4.79 Å². The van der Waals surface area contributed by atoms with E-state index in [1.165, 1.54) is 0 Å². The zero-order chi connectivity index (χ0) is 16.4. The molecule has 3 rings (SSSR count). The lowest BCUT2D eigenvalue weighted by Gasteiger charge is -2.15. The Morgan fingerprint density at radius 2 is 2.26 bits per heavy atom. The summed E-state index contributed by atoms with van der Waals surface area (Å²) in [7, 11) is 1.63. The van der Waals surface area contributed by atoms with Crippen molar-refractivity contribution in [2.45, 2.75) is 25.9 Å². The molecule has 1 aromatic carbocycles. The molecule has 2 N–H and O–H groups in total. The molecule has 0 unspecified atom stereocenters. The van der Waals surface area contributed by atoms with Crippen molar-refractivity contribution in [3.05, 3.63) is 45.7 Å². The first-order valence-electron chi connectivity index (χ1n) is 7.27. The van der Waals surface area contributed by atoms with Gasteiger partial charge in [0.2, 0.25) is 11.9 Å². The lowest BCUT2D eigenvalue weighted by molar-refractivity contribution is -0.131. The third-order valence-corrected chi connectivity index (χ3v) is 4.49. The number of ether oxygens (including phenoxy) is 1. The van der Waals surface area contributed by atoms with Crippen LogP contribution in [0, 0.1) is 0 Å². The summed E-state index contributed by atoms with van der Waals surface area (Å²) in [5.41, 5.74) is 8.49. The second-order valence-electron chi connectivity index (χ2n) is 5.42. The Labute approximate surface area is 142 Å². The predicted octanol–water partition coefficient (Wildman–Crippen LogP) is 2.30. The van der Waals surface area contributed by atoms with E-state index in [0.29, 0.717) is 25.9 Å². The van der Waals surface area contributed by atoms with Crippen LogP contribution < -0.4 is 10.5 Å². The molecule has 0 atom stereocenters. The van der Waals surface area contributed by atoms with E-state index in [9.17, 15) is 4.79 Å². The van der Waals surface area contributed by atoms with Gasteiger partial charge in [0.15, 0.2) is 0 Å². The van der Waals surface area contributed by atoms with E-state index in [4.69, 9.17) is 10.5 Å². The fraction of sp³-hybridized carbons (Fsp3) is 0.312. The summed E-state index contributed by atoms with van der Waals surface area (Å²) in [4.78, 5) is 22.3. The summed E-state index contributed by atoms with van der Waals surface area (Å²) in [6.07, 6.45) is 2.84. The second-order valence-corrected chi connectivity index (χ2v) is 6.27. The number of hydrogen-bond acceptors (Lipinski definition) is 5. The first-order chi connectivity index (χ1) is 11.1. The Bertz CT molecular complexity index is 751. The van der Waals surface area contributed by atoms with Gasteiger partial charge in [-0.25, -0.2) is 9.97 Å². The number of carbonyl (C=O) groups excluding carboxylic acids is 1. The molecule has 6 nitrogen and oxygen atoms in total. The minimum atomic E-state index is 0.105. The molecule has 0 bridgehead atoms. The van der Waals surface area contributed by atoms with Crippen molar-refractivity contribution in [1.82, 2.24) is 14.9 Å². The minimum Gasteiger partial charge on any atom is -0.496 e.